The average Bonchev–Trinajstić information content (AvgIpc) is 3.38. The second-order valence-electron chi connectivity index (χ2n) is 7.27. The Morgan fingerprint density at radius 2 is 1.70 bits per heavy atom. The van der Waals surface area contributed by atoms with Gasteiger partial charge in [-0.15, -0.1) is 22.7 Å². The molecule has 4 rings (SSSR count). The summed E-state index contributed by atoms with van der Waals surface area (Å²) in [4.78, 5) is 13.6. The molecule has 1 unspecified atom stereocenters. The number of hydrogen-bond acceptors (Lipinski definition) is 6. The summed E-state index contributed by atoms with van der Waals surface area (Å²) in [5.74, 6) is -0.151. The number of carbonyl (C=O) groups is 1. The average molecular weight is 444 g/mol. The van der Waals surface area contributed by atoms with Crippen molar-refractivity contribution in [2.75, 3.05) is 25.2 Å². The molecular formula is C23H25NO4S2. The Kier molecular flexibility index (Phi) is 6.72. The number of aliphatic carboxylic acids is 1. The zero-order chi connectivity index (χ0) is 20.9. The Labute approximate surface area is 184 Å². The van der Waals surface area contributed by atoms with Gasteiger partial charge in [-0.25, -0.2) is 4.79 Å². The number of anilines is 2. The smallest absolute Gasteiger partial charge is 0.333 e. The lowest BCUT2D eigenvalue weighted by molar-refractivity contribution is -0.148. The van der Waals surface area contributed by atoms with Crippen LogP contribution in [0.2, 0.25) is 0 Å². The van der Waals surface area contributed by atoms with Crippen LogP contribution in [0.4, 0.5) is 10.0 Å². The molecule has 0 radical (unpaired) electrons. The van der Waals surface area contributed by atoms with Crippen molar-refractivity contribution in [1.29, 1.82) is 0 Å². The highest BCUT2D eigenvalue weighted by Gasteiger charge is 2.22. The minimum Gasteiger partial charge on any atom is -0.494 e. The Hall–Kier alpha value is -2.35. The number of fused-ring (bicyclic) bond motifs is 2. The number of carboxylic acids is 1. The number of ether oxygens (including phenoxy) is 2. The van der Waals surface area contributed by atoms with E-state index in [0.29, 0.717) is 13.0 Å². The van der Waals surface area contributed by atoms with E-state index in [-0.39, 0.29) is 0 Å². The second-order valence-corrected chi connectivity index (χ2v) is 9.06. The molecule has 1 N–H and O–H groups in total. The molecule has 0 fully saturated rings. The molecule has 3 heterocycles. The molecule has 0 bridgehead atoms. The summed E-state index contributed by atoms with van der Waals surface area (Å²) in [5, 5.41) is 16.2. The number of thiophene rings is 2. The van der Waals surface area contributed by atoms with E-state index in [0.717, 1.165) is 37.1 Å². The maximum absolute atomic E-state index is 11.1. The molecule has 30 heavy (non-hydrogen) atoms. The highest BCUT2D eigenvalue weighted by atomic mass is 32.1. The van der Waals surface area contributed by atoms with Gasteiger partial charge in [0.1, 0.15) is 5.75 Å². The number of rotatable bonds is 9. The SMILES string of the molecule is COC(Cc1ccc(OCCCN2c3sccc3CCc3ccsc32)cc1)C(=O)O. The van der Waals surface area contributed by atoms with Crippen LogP contribution in [0.5, 0.6) is 5.75 Å². The van der Waals surface area contributed by atoms with E-state index in [2.05, 4.69) is 27.8 Å². The van der Waals surface area contributed by atoms with E-state index in [1.165, 1.54) is 28.2 Å². The van der Waals surface area contributed by atoms with Gasteiger partial charge in [0.25, 0.3) is 0 Å². The van der Waals surface area contributed by atoms with Crippen molar-refractivity contribution in [2.45, 2.75) is 31.8 Å². The number of aryl methyl sites for hydroxylation is 2. The first-order valence-electron chi connectivity index (χ1n) is 10.0. The van der Waals surface area contributed by atoms with Gasteiger partial charge in [0.15, 0.2) is 6.10 Å². The number of methoxy groups -OCH3 is 1. The van der Waals surface area contributed by atoms with Gasteiger partial charge in [-0.3, -0.25) is 0 Å². The highest BCUT2D eigenvalue weighted by Crippen LogP contribution is 2.42. The molecular weight excluding hydrogens is 418 g/mol. The largest absolute Gasteiger partial charge is 0.494 e. The highest BCUT2D eigenvalue weighted by molar-refractivity contribution is 7.16. The van der Waals surface area contributed by atoms with Crippen LogP contribution in [0.1, 0.15) is 23.1 Å². The fourth-order valence-electron chi connectivity index (χ4n) is 3.69. The molecule has 0 saturated heterocycles. The van der Waals surface area contributed by atoms with E-state index in [1.54, 1.807) is 0 Å². The third-order valence-electron chi connectivity index (χ3n) is 5.30. The normalized spacial score (nSPS) is 14.0. The zero-order valence-electron chi connectivity index (χ0n) is 16.9. The fraction of sp³-hybridized carbons (Fsp3) is 0.348. The maximum Gasteiger partial charge on any atom is 0.333 e. The predicted molar refractivity (Wildman–Crippen MR) is 122 cm³/mol. The molecule has 1 aromatic carbocycles. The quantitative estimate of drug-likeness (QED) is 0.463. The minimum atomic E-state index is -0.950. The molecule has 1 aliphatic heterocycles. The van der Waals surface area contributed by atoms with Crippen LogP contribution in [-0.2, 0) is 28.8 Å². The molecule has 158 valence electrons. The van der Waals surface area contributed by atoms with Crippen LogP contribution in [0, 0.1) is 0 Å². The zero-order valence-corrected chi connectivity index (χ0v) is 18.5. The minimum absolute atomic E-state index is 0.341. The summed E-state index contributed by atoms with van der Waals surface area (Å²) in [6.45, 7) is 1.56. The molecule has 3 aromatic rings. The predicted octanol–water partition coefficient (Wildman–Crippen LogP) is 5.16. The van der Waals surface area contributed by atoms with Gasteiger partial charge in [-0.2, -0.15) is 0 Å². The van der Waals surface area contributed by atoms with Crippen LogP contribution in [0.25, 0.3) is 0 Å². The lowest BCUT2D eigenvalue weighted by atomic mass is 10.1. The lowest BCUT2D eigenvalue weighted by Crippen LogP contribution is -2.24. The van der Waals surface area contributed by atoms with Crippen molar-refractivity contribution < 1.29 is 19.4 Å². The standard InChI is InChI=1S/C23H25NO4S2/c1-27-20(23(25)26)15-16-3-7-19(8-4-16)28-12-2-11-24-21-17(9-13-29-21)5-6-18-10-14-30-22(18)24/h3-4,7-10,13-14,20H,2,5-6,11-12,15H2,1H3,(H,25,26). The Morgan fingerprint density at radius 3 is 2.27 bits per heavy atom. The molecule has 0 spiro atoms. The maximum atomic E-state index is 11.1. The summed E-state index contributed by atoms with van der Waals surface area (Å²) in [6.07, 6.45) is 2.64. The van der Waals surface area contributed by atoms with Gasteiger partial charge in [0.2, 0.25) is 0 Å². The molecule has 0 saturated carbocycles. The monoisotopic (exact) mass is 443 g/mol. The molecule has 1 atom stereocenters. The van der Waals surface area contributed by atoms with E-state index in [9.17, 15) is 4.79 Å². The van der Waals surface area contributed by atoms with Crippen molar-refractivity contribution in [3.05, 3.63) is 63.8 Å². The van der Waals surface area contributed by atoms with E-state index in [1.807, 2.05) is 46.9 Å². The van der Waals surface area contributed by atoms with Crippen LogP contribution >= 0.6 is 22.7 Å². The summed E-state index contributed by atoms with van der Waals surface area (Å²) in [5.41, 5.74) is 3.79. The first-order chi connectivity index (χ1) is 14.7. The summed E-state index contributed by atoms with van der Waals surface area (Å²) < 4.78 is 10.9. The fourth-order valence-corrected chi connectivity index (χ4v) is 5.74. The third kappa shape index (κ3) is 4.69. The molecule has 0 amide bonds. The van der Waals surface area contributed by atoms with E-state index < -0.39 is 12.1 Å². The molecule has 7 heteroatoms. The van der Waals surface area contributed by atoms with Gasteiger partial charge in [-0.05, 0) is 71.0 Å². The van der Waals surface area contributed by atoms with E-state index in [4.69, 9.17) is 14.6 Å². The number of nitrogens with zero attached hydrogens (tertiary/aromatic N) is 1. The molecule has 2 aromatic heterocycles. The first kappa shape index (κ1) is 20.9. The molecule has 5 nitrogen and oxygen atoms in total. The number of hydrogen-bond donors (Lipinski definition) is 1. The van der Waals surface area contributed by atoms with Crippen molar-refractivity contribution in [2.24, 2.45) is 0 Å². The Balaban J connectivity index is 1.32. The van der Waals surface area contributed by atoms with Gasteiger partial charge in [-0.1, -0.05) is 12.1 Å². The summed E-state index contributed by atoms with van der Waals surface area (Å²) in [7, 11) is 1.42. The number of benzene rings is 1. The topological polar surface area (TPSA) is 59.0 Å². The third-order valence-corrected chi connectivity index (χ3v) is 7.26. The molecule has 1 aliphatic rings. The Morgan fingerprint density at radius 1 is 1.07 bits per heavy atom. The number of carboxylic acid groups (broad SMARTS) is 1. The first-order valence-corrected chi connectivity index (χ1v) is 11.8. The summed E-state index contributed by atoms with van der Waals surface area (Å²) >= 11 is 3.64. The Bertz CT molecular complexity index is 937. The van der Waals surface area contributed by atoms with Gasteiger partial charge < -0.3 is 19.5 Å². The second kappa shape index (κ2) is 9.64. The van der Waals surface area contributed by atoms with Crippen LogP contribution in [0.15, 0.2) is 47.2 Å². The van der Waals surface area contributed by atoms with E-state index >= 15 is 0 Å². The van der Waals surface area contributed by atoms with Crippen molar-refractivity contribution in [3.63, 3.8) is 0 Å². The van der Waals surface area contributed by atoms with Crippen molar-refractivity contribution in [3.8, 4) is 5.75 Å². The van der Waals surface area contributed by atoms with Crippen LogP contribution in [0.3, 0.4) is 0 Å². The van der Waals surface area contributed by atoms with Gasteiger partial charge >= 0.3 is 5.97 Å². The van der Waals surface area contributed by atoms with Gasteiger partial charge in [0, 0.05) is 20.1 Å². The van der Waals surface area contributed by atoms with Gasteiger partial charge in [0.05, 0.1) is 16.6 Å². The van der Waals surface area contributed by atoms with Crippen molar-refractivity contribution >= 4 is 38.6 Å². The van der Waals surface area contributed by atoms with Crippen molar-refractivity contribution in [1.82, 2.24) is 0 Å². The van der Waals surface area contributed by atoms with Crippen LogP contribution < -0.4 is 9.64 Å². The van der Waals surface area contributed by atoms with Crippen LogP contribution in [-0.4, -0.2) is 37.4 Å². The summed E-state index contributed by atoms with van der Waals surface area (Å²) in [6, 6.07) is 12.1. The molecule has 0 aliphatic carbocycles. The lowest BCUT2D eigenvalue weighted by Gasteiger charge is -2.22.